The molecule has 16 rings (SSSR count). The number of benzene rings is 9. The smallest absolute Gasteiger partial charge is 0.340 e. The molecule has 114 heavy (non-hydrogen) atoms. The van der Waals surface area contributed by atoms with E-state index in [4.69, 9.17) is 55.9 Å². The molecule has 4 bridgehead atoms. The highest BCUT2D eigenvalue weighted by atomic mass is 35.5. The number of rotatable bonds is 17. The van der Waals surface area contributed by atoms with Crippen LogP contribution in [-0.2, 0) is 51.5 Å². The Morgan fingerprint density at radius 2 is 1.18 bits per heavy atom. The van der Waals surface area contributed by atoms with Crippen molar-refractivity contribution in [1.82, 2.24) is 4.90 Å². The second-order valence-corrected chi connectivity index (χ2v) is 32.6. The third-order valence-corrected chi connectivity index (χ3v) is 22.8. The molecule has 0 spiro atoms. The van der Waals surface area contributed by atoms with Gasteiger partial charge >= 0.3 is 17.9 Å². The lowest BCUT2D eigenvalue weighted by atomic mass is 9.82. The highest BCUT2D eigenvalue weighted by Crippen LogP contribution is 2.49. The molecule has 9 aromatic carbocycles. The maximum Gasteiger partial charge on any atom is 0.340 e. The van der Waals surface area contributed by atoms with Gasteiger partial charge in [-0.2, -0.15) is 0 Å². The molecule has 7 unspecified atom stereocenters. The van der Waals surface area contributed by atoms with Gasteiger partial charge in [-0.15, -0.1) is 23.2 Å². The van der Waals surface area contributed by atoms with Gasteiger partial charge in [-0.25, -0.2) is 18.0 Å². The number of esters is 2. The number of anilines is 3. The summed E-state index contributed by atoms with van der Waals surface area (Å²) in [5.74, 6) is -4.95. The first-order valence-electron chi connectivity index (χ1n) is 37.0. The Balaban J connectivity index is 0.000000147. The lowest BCUT2D eigenvalue weighted by Crippen LogP contribution is -2.51. The van der Waals surface area contributed by atoms with E-state index in [1.165, 1.54) is 50.3 Å². The van der Waals surface area contributed by atoms with Crippen LogP contribution in [0, 0.1) is 23.7 Å². The number of ketones is 4. The minimum Gasteiger partial charge on any atom is -0.508 e. The number of fused-ring (bicyclic) bond motifs is 11. The highest BCUT2D eigenvalue weighted by Gasteiger charge is 2.52. The maximum atomic E-state index is 12.7. The zero-order valence-electron chi connectivity index (χ0n) is 63.1. The van der Waals surface area contributed by atoms with Gasteiger partial charge in [0.15, 0.2) is 37.8 Å². The van der Waals surface area contributed by atoms with Crippen molar-refractivity contribution >= 4 is 137 Å². The van der Waals surface area contributed by atoms with Crippen molar-refractivity contribution in [2.24, 2.45) is 23.7 Å². The number of phenolic OH excluding ortho intramolecular Hbond substituents is 2. The van der Waals surface area contributed by atoms with E-state index in [1.807, 2.05) is 87.5 Å². The number of ether oxygens (including phenoxy) is 2. The molecule has 2 saturated heterocycles. The Kier molecular flexibility index (Phi) is 28.8. The number of carbonyl (C=O) groups is 9. The summed E-state index contributed by atoms with van der Waals surface area (Å²) in [6.07, 6.45) is 12.0. The fourth-order valence-corrected chi connectivity index (χ4v) is 15.5. The van der Waals surface area contributed by atoms with Crippen LogP contribution < -0.4 is 16.0 Å². The Bertz CT molecular complexity index is 5280. The number of aromatic hydroxyl groups is 2. The predicted octanol–water partition coefficient (Wildman–Crippen LogP) is 17.4. The lowest BCUT2D eigenvalue weighted by Gasteiger charge is -2.44. The van der Waals surface area contributed by atoms with Crippen molar-refractivity contribution in [2.75, 3.05) is 35.5 Å². The molecule has 2 saturated carbocycles. The molecular weight excluding hydrogens is 1550 g/mol. The first-order chi connectivity index (χ1) is 54.4. The number of carbonyl (C=O) groups excluding carboxylic acids is 8. The number of halogens is 4. The van der Waals surface area contributed by atoms with Gasteiger partial charge in [-0.05, 0) is 173 Å². The Hall–Kier alpha value is -10.8. The van der Waals surface area contributed by atoms with E-state index in [2.05, 4.69) is 34.5 Å². The average Bonchev–Trinajstić information content (AvgIpc) is 1.33. The van der Waals surface area contributed by atoms with Crippen LogP contribution in [0.1, 0.15) is 146 Å². The molecule has 2 aliphatic heterocycles. The SMILES string of the molecule is C=CS(=O)(=O)c1ccc2ccccc2c1.CC(C)(C)OC(=O)c1ccc(NCc2cc(O)ccc2O)cc1.CCOC(=O)c1ccccc1NC(=O)C1C2C=CC(C2)C1C(=O)O.CN1C2CCCCC1C2.O=C1c2ccccc2-c2cccc(CC(=O)C(Cl)Cl)c21.O=C1c2ccccc2C(=O)c2c(NC(=O)C(Cl)CCl)cccc21. The van der Waals surface area contributed by atoms with Gasteiger partial charge in [0.25, 0.3) is 0 Å². The van der Waals surface area contributed by atoms with Crippen LogP contribution in [0.25, 0.3) is 21.9 Å². The van der Waals surface area contributed by atoms with Crippen LogP contribution >= 0.6 is 46.4 Å². The minimum atomic E-state index is -3.33. The minimum absolute atomic E-state index is 0.0419. The summed E-state index contributed by atoms with van der Waals surface area (Å²) in [7, 11) is -1.04. The molecule has 20 nitrogen and oxygen atoms in total. The topological polar surface area (TPSA) is 306 Å². The summed E-state index contributed by atoms with van der Waals surface area (Å²) in [6, 6.07) is 56.8. The van der Waals surface area contributed by atoms with E-state index in [1.54, 1.807) is 128 Å². The van der Waals surface area contributed by atoms with Crippen LogP contribution in [0.2, 0.25) is 0 Å². The normalized spacial score (nSPS) is 17.9. The number of hydrogen-bond donors (Lipinski definition) is 6. The standard InChI is InChI=1S/C18H19NO5.C18H21NO4.C17H11Cl2NO3.C16H10Cl2O2.C12H10O2S.C8H15N/c1-2-24-18(23)12-5-3-4-6-13(12)19-16(20)14-10-7-8-11(9-10)15(14)17(21)22;1-18(2,3)23-17(22)12-4-6-14(7-5-12)19-11-13-10-15(20)8-9-16(13)21;18-8-12(19)17(23)20-13-7-3-6-11-14(13)16(22)10-5-2-1-4-9(10)15(11)21;17-16(18)13(19)8-9-4-3-7-11-10-5-1-2-6-12(10)15(20)14(9)11;1-2-15(13,14)12-8-7-10-5-3-4-6-11(10)9-12;1-9-7-4-2-3-5-8(9)6-7/h3-8,10-11,14-15H,2,9H2,1H3,(H,19,20)(H,21,22);4-10,19-21H,11H2,1-3H3;1-7,12H,8H2,(H,20,23);1-7,16H,8H2;2-9H,1H2;7-8H,2-6H2,1H3. The molecule has 5 aliphatic carbocycles. The molecular formula is C89H86Cl4N4O16S. The molecule has 7 atom stereocenters. The van der Waals surface area contributed by atoms with Gasteiger partial charge in [0.1, 0.15) is 22.5 Å². The van der Waals surface area contributed by atoms with Crippen molar-refractivity contribution in [3.05, 3.63) is 274 Å². The molecule has 592 valence electrons. The first kappa shape index (κ1) is 85.6. The molecule has 4 fully saturated rings. The number of aliphatic carboxylic acids is 1. The summed E-state index contributed by atoms with van der Waals surface area (Å²) < 4.78 is 33.3. The van der Waals surface area contributed by atoms with Gasteiger partial charge in [0, 0.05) is 75.4 Å². The number of carboxylic acids is 1. The second kappa shape index (κ2) is 38.4. The van der Waals surface area contributed by atoms with Crippen LogP contribution in [-0.4, -0.2) is 129 Å². The number of hydrogen-bond acceptors (Lipinski definition) is 17. The number of phenols is 2. The van der Waals surface area contributed by atoms with E-state index >= 15 is 0 Å². The van der Waals surface area contributed by atoms with E-state index in [-0.39, 0.29) is 105 Å². The number of sulfone groups is 1. The van der Waals surface area contributed by atoms with E-state index in [9.17, 15) is 66.9 Å². The second-order valence-electron chi connectivity index (χ2n) is 28.8. The average molecular weight is 1640 g/mol. The third kappa shape index (κ3) is 20.8. The molecule has 7 aliphatic rings. The Morgan fingerprint density at radius 1 is 0.614 bits per heavy atom. The fraction of sp³-hybridized carbons (Fsp3) is 0.270. The predicted molar refractivity (Wildman–Crippen MR) is 443 cm³/mol. The Morgan fingerprint density at radius 3 is 1.81 bits per heavy atom. The Labute approximate surface area is 681 Å². The molecule has 2 heterocycles. The van der Waals surface area contributed by atoms with Gasteiger partial charge < -0.3 is 45.6 Å². The molecule has 25 heteroatoms. The van der Waals surface area contributed by atoms with Crippen molar-refractivity contribution in [1.29, 1.82) is 0 Å². The van der Waals surface area contributed by atoms with Crippen LogP contribution in [0.5, 0.6) is 11.5 Å². The number of Topliss-reactive ketones (excluding diaryl/α,β-unsaturated/α-hetero) is 1. The number of nitrogens with one attached hydrogen (secondary N) is 3. The third-order valence-electron chi connectivity index (χ3n) is 20.2. The summed E-state index contributed by atoms with van der Waals surface area (Å²) in [5.41, 5.74) is 7.07. The quantitative estimate of drug-likeness (QED) is 0.0214. The monoisotopic (exact) mass is 1640 g/mol. The molecule has 6 N–H and O–H groups in total. The van der Waals surface area contributed by atoms with Crippen LogP contribution in [0.3, 0.4) is 0 Å². The summed E-state index contributed by atoms with van der Waals surface area (Å²) >= 11 is 22.5. The summed E-state index contributed by atoms with van der Waals surface area (Å²) in [4.78, 5) is 111. The number of allylic oxidation sites excluding steroid dienone is 2. The zero-order valence-corrected chi connectivity index (χ0v) is 67.0. The molecule has 0 aromatic heterocycles. The van der Waals surface area contributed by atoms with E-state index < -0.39 is 55.3 Å². The number of nitrogens with zero attached hydrogens (tertiary/aromatic N) is 1. The highest BCUT2D eigenvalue weighted by molar-refractivity contribution is 7.94. The number of alkyl halides is 4. The van der Waals surface area contributed by atoms with E-state index in [0.717, 1.165) is 45.1 Å². The maximum absolute atomic E-state index is 12.7. The molecule has 2 amide bonds. The van der Waals surface area contributed by atoms with Gasteiger partial charge in [0.05, 0.1) is 51.4 Å². The van der Waals surface area contributed by atoms with Gasteiger partial charge in [-0.3, -0.25) is 33.6 Å². The largest absolute Gasteiger partial charge is 0.508 e. The van der Waals surface area contributed by atoms with Crippen molar-refractivity contribution in [3.8, 4) is 22.6 Å². The molecule has 0 radical (unpaired) electrons. The first-order valence-corrected chi connectivity index (χ1v) is 40.3. The molecule has 9 aromatic rings. The summed E-state index contributed by atoms with van der Waals surface area (Å²) in [5, 5.41) is 39.0. The van der Waals surface area contributed by atoms with Crippen LogP contribution in [0.4, 0.5) is 17.1 Å². The zero-order chi connectivity index (χ0) is 82.3. The number of carboxylic acid groups (broad SMARTS) is 1. The number of para-hydroxylation sites is 1. The van der Waals surface area contributed by atoms with Gasteiger partial charge in [0.2, 0.25) is 11.8 Å². The fourth-order valence-electron chi connectivity index (χ4n) is 14.4. The van der Waals surface area contributed by atoms with Gasteiger partial charge in [-0.1, -0.05) is 176 Å². The van der Waals surface area contributed by atoms with Crippen LogP contribution in [0.15, 0.2) is 223 Å². The van der Waals surface area contributed by atoms with Crippen molar-refractivity contribution < 1.29 is 76.4 Å². The lowest BCUT2D eigenvalue weighted by molar-refractivity contribution is -0.146. The van der Waals surface area contributed by atoms with Crippen molar-refractivity contribution in [3.63, 3.8) is 0 Å². The number of amides is 2. The van der Waals surface area contributed by atoms with E-state index in [0.29, 0.717) is 57.6 Å². The van der Waals surface area contributed by atoms with Crippen molar-refractivity contribution in [2.45, 2.75) is 112 Å². The summed E-state index contributed by atoms with van der Waals surface area (Å²) in [6.45, 7) is 11.1.